The Balaban J connectivity index is 2.27. The quantitative estimate of drug-likeness (QED) is 0.540. The molecule has 0 spiro atoms. The second-order valence-corrected chi connectivity index (χ2v) is 3.83. The van der Waals surface area contributed by atoms with E-state index in [1.54, 1.807) is 0 Å². The fourth-order valence-electron chi connectivity index (χ4n) is 2.22. The zero-order chi connectivity index (χ0) is 8.10. The molecule has 0 bridgehead atoms. The largest absolute Gasteiger partial charge is 0.103 e. The molecule has 0 N–H and O–H groups in total. The van der Waals surface area contributed by atoms with E-state index >= 15 is 0 Å². The van der Waals surface area contributed by atoms with Crippen LogP contribution in [0.3, 0.4) is 0 Å². The first-order chi connectivity index (χ1) is 5.36. The van der Waals surface area contributed by atoms with Gasteiger partial charge in [-0.3, -0.25) is 0 Å². The standard InChI is InChI=1S/C11H20/c1-3-6-11-8-5-7-10(4-2)9-11/h3,10-11H,1,4-9H2,2H3. The van der Waals surface area contributed by atoms with Crippen molar-refractivity contribution < 1.29 is 0 Å². The minimum Gasteiger partial charge on any atom is -0.103 e. The maximum Gasteiger partial charge on any atom is -0.0325 e. The van der Waals surface area contributed by atoms with Crippen LogP contribution in [0.5, 0.6) is 0 Å². The lowest BCUT2D eigenvalue weighted by Gasteiger charge is -2.27. The Labute approximate surface area is 70.7 Å². The van der Waals surface area contributed by atoms with Crippen molar-refractivity contribution in [1.29, 1.82) is 0 Å². The highest BCUT2D eigenvalue weighted by Crippen LogP contribution is 2.32. The van der Waals surface area contributed by atoms with Crippen LogP contribution in [0.1, 0.15) is 45.4 Å². The summed E-state index contributed by atoms with van der Waals surface area (Å²) in [4.78, 5) is 0. The Kier molecular flexibility index (Phi) is 3.68. The van der Waals surface area contributed by atoms with E-state index in [9.17, 15) is 0 Å². The molecule has 0 amide bonds. The average Bonchev–Trinajstić information content (AvgIpc) is 2.06. The summed E-state index contributed by atoms with van der Waals surface area (Å²) in [7, 11) is 0. The first kappa shape index (κ1) is 8.83. The van der Waals surface area contributed by atoms with Crippen LogP contribution in [0.4, 0.5) is 0 Å². The Hall–Kier alpha value is -0.260. The molecular weight excluding hydrogens is 132 g/mol. The van der Waals surface area contributed by atoms with Gasteiger partial charge in [0.15, 0.2) is 0 Å². The van der Waals surface area contributed by atoms with E-state index in [4.69, 9.17) is 0 Å². The zero-order valence-electron chi connectivity index (χ0n) is 7.68. The molecule has 1 aliphatic rings. The first-order valence-electron chi connectivity index (χ1n) is 4.97. The Morgan fingerprint density at radius 3 is 2.73 bits per heavy atom. The molecule has 2 unspecified atom stereocenters. The van der Waals surface area contributed by atoms with Gasteiger partial charge in [-0.15, -0.1) is 6.58 Å². The fraction of sp³-hybridized carbons (Fsp3) is 0.818. The minimum atomic E-state index is 0.964. The lowest BCUT2D eigenvalue weighted by atomic mass is 9.79. The molecule has 0 nitrogen and oxygen atoms in total. The summed E-state index contributed by atoms with van der Waals surface area (Å²) < 4.78 is 0. The second-order valence-electron chi connectivity index (χ2n) is 3.83. The van der Waals surface area contributed by atoms with Gasteiger partial charge in [0.1, 0.15) is 0 Å². The van der Waals surface area contributed by atoms with Gasteiger partial charge in [0.2, 0.25) is 0 Å². The molecule has 1 fully saturated rings. The predicted molar refractivity (Wildman–Crippen MR) is 50.6 cm³/mol. The summed E-state index contributed by atoms with van der Waals surface area (Å²) in [6.45, 7) is 6.13. The maximum atomic E-state index is 3.81. The molecule has 11 heavy (non-hydrogen) atoms. The third kappa shape index (κ3) is 2.69. The van der Waals surface area contributed by atoms with Gasteiger partial charge in [0.05, 0.1) is 0 Å². The second kappa shape index (κ2) is 4.58. The molecule has 0 saturated heterocycles. The molecule has 0 radical (unpaired) electrons. The van der Waals surface area contributed by atoms with Crippen molar-refractivity contribution >= 4 is 0 Å². The normalized spacial score (nSPS) is 31.7. The van der Waals surface area contributed by atoms with Crippen LogP contribution in [-0.4, -0.2) is 0 Å². The molecular formula is C11H20. The van der Waals surface area contributed by atoms with Crippen molar-refractivity contribution in [2.45, 2.75) is 45.4 Å². The van der Waals surface area contributed by atoms with E-state index in [-0.39, 0.29) is 0 Å². The molecule has 0 aromatic heterocycles. The average molecular weight is 152 g/mol. The van der Waals surface area contributed by atoms with Gasteiger partial charge >= 0.3 is 0 Å². The van der Waals surface area contributed by atoms with E-state index in [2.05, 4.69) is 19.6 Å². The molecule has 64 valence electrons. The SMILES string of the molecule is C=CCC1CCCC(CC)C1. The third-order valence-electron chi connectivity index (χ3n) is 2.97. The van der Waals surface area contributed by atoms with E-state index in [0.717, 1.165) is 11.8 Å². The molecule has 0 heteroatoms. The molecule has 1 aliphatic carbocycles. The van der Waals surface area contributed by atoms with Crippen LogP contribution < -0.4 is 0 Å². The zero-order valence-corrected chi connectivity index (χ0v) is 7.68. The highest BCUT2D eigenvalue weighted by atomic mass is 14.2. The number of rotatable bonds is 3. The lowest BCUT2D eigenvalue weighted by Crippen LogP contribution is -2.14. The maximum absolute atomic E-state index is 3.81. The van der Waals surface area contributed by atoms with Crippen LogP contribution in [0, 0.1) is 11.8 Å². The number of hydrogen-bond acceptors (Lipinski definition) is 0. The fourth-order valence-corrected chi connectivity index (χ4v) is 2.22. The van der Waals surface area contributed by atoms with E-state index in [1.807, 2.05) is 0 Å². The van der Waals surface area contributed by atoms with Crippen LogP contribution >= 0.6 is 0 Å². The van der Waals surface area contributed by atoms with E-state index in [1.165, 1.54) is 38.5 Å². The van der Waals surface area contributed by atoms with Crippen LogP contribution in [0.2, 0.25) is 0 Å². The van der Waals surface area contributed by atoms with Crippen LogP contribution in [0.25, 0.3) is 0 Å². The van der Waals surface area contributed by atoms with Crippen molar-refractivity contribution in [3.63, 3.8) is 0 Å². The van der Waals surface area contributed by atoms with Gasteiger partial charge < -0.3 is 0 Å². The summed E-state index contributed by atoms with van der Waals surface area (Å²) in [6, 6.07) is 0. The summed E-state index contributed by atoms with van der Waals surface area (Å²) in [5.41, 5.74) is 0. The first-order valence-corrected chi connectivity index (χ1v) is 4.97. The third-order valence-corrected chi connectivity index (χ3v) is 2.97. The van der Waals surface area contributed by atoms with Crippen molar-refractivity contribution in [2.75, 3.05) is 0 Å². The molecule has 1 rings (SSSR count). The summed E-state index contributed by atoms with van der Waals surface area (Å²) in [6.07, 6.45) is 10.6. The molecule has 0 aliphatic heterocycles. The Morgan fingerprint density at radius 2 is 2.09 bits per heavy atom. The van der Waals surface area contributed by atoms with Gasteiger partial charge in [-0.05, 0) is 24.7 Å². The van der Waals surface area contributed by atoms with Gasteiger partial charge in [-0.1, -0.05) is 38.7 Å². The van der Waals surface area contributed by atoms with Crippen molar-refractivity contribution in [2.24, 2.45) is 11.8 Å². The van der Waals surface area contributed by atoms with Crippen molar-refractivity contribution in [1.82, 2.24) is 0 Å². The van der Waals surface area contributed by atoms with E-state index < -0.39 is 0 Å². The molecule has 0 heterocycles. The number of allylic oxidation sites excluding steroid dienone is 1. The number of hydrogen-bond donors (Lipinski definition) is 0. The van der Waals surface area contributed by atoms with Crippen LogP contribution in [0.15, 0.2) is 12.7 Å². The van der Waals surface area contributed by atoms with Crippen LogP contribution in [-0.2, 0) is 0 Å². The molecule has 0 aromatic rings. The smallest absolute Gasteiger partial charge is 0.0325 e. The Morgan fingerprint density at radius 1 is 1.36 bits per heavy atom. The van der Waals surface area contributed by atoms with Gasteiger partial charge in [0, 0.05) is 0 Å². The molecule has 0 aromatic carbocycles. The lowest BCUT2D eigenvalue weighted by molar-refractivity contribution is 0.262. The van der Waals surface area contributed by atoms with Gasteiger partial charge in [0.25, 0.3) is 0 Å². The van der Waals surface area contributed by atoms with Gasteiger partial charge in [-0.25, -0.2) is 0 Å². The Bertz CT molecular complexity index is 115. The predicted octanol–water partition coefficient (Wildman–Crippen LogP) is 3.78. The summed E-state index contributed by atoms with van der Waals surface area (Å²) >= 11 is 0. The monoisotopic (exact) mass is 152 g/mol. The van der Waals surface area contributed by atoms with E-state index in [0.29, 0.717) is 0 Å². The highest BCUT2D eigenvalue weighted by molar-refractivity contribution is 4.78. The highest BCUT2D eigenvalue weighted by Gasteiger charge is 2.18. The van der Waals surface area contributed by atoms with Crippen molar-refractivity contribution in [3.8, 4) is 0 Å². The molecule has 1 saturated carbocycles. The topological polar surface area (TPSA) is 0 Å². The minimum absolute atomic E-state index is 0.964. The molecule has 2 atom stereocenters. The summed E-state index contributed by atoms with van der Waals surface area (Å²) in [5.74, 6) is 1.99. The van der Waals surface area contributed by atoms with Crippen molar-refractivity contribution in [3.05, 3.63) is 12.7 Å². The van der Waals surface area contributed by atoms with Gasteiger partial charge in [-0.2, -0.15) is 0 Å². The summed E-state index contributed by atoms with van der Waals surface area (Å²) in [5, 5.41) is 0.